The predicted octanol–water partition coefficient (Wildman–Crippen LogP) is 5.55. The Bertz CT molecular complexity index is 965. The summed E-state index contributed by atoms with van der Waals surface area (Å²) in [6, 6.07) is 9.66. The monoisotopic (exact) mass is 429 g/mol. The maximum Gasteiger partial charge on any atom is 0.267 e. The van der Waals surface area contributed by atoms with E-state index in [0.29, 0.717) is 10.6 Å². The van der Waals surface area contributed by atoms with Gasteiger partial charge in [-0.25, -0.2) is 4.98 Å². The van der Waals surface area contributed by atoms with E-state index in [0.717, 1.165) is 33.2 Å². The molecule has 3 aromatic rings. The molecule has 0 radical (unpaired) electrons. The van der Waals surface area contributed by atoms with Gasteiger partial charge in [0.25, 0.3) is 5.91 Å². The van der Waals surface area contributed by atoms with Crippen LogP contribution in [0.15, 0.2) is 34.8 Å². The number of rotatable bonds is 2. The highest BCUT2D eigenvalue weighted by atomic mass is 79.9. The number of hydrogen-bond donors (Lipinski definition) is 2. The second kappa shape index (κ2) is 7.37. The molecule has 0 saturated carbocycles. The fraction of sp³-hybridized carbons (Fsp3) is 0.300. The lowest BCUT2D eigenvalue weighted by Crippen LogP contribution is -2.11. The van der Waals surface area contributed by atoms with E-state index >= 15 is 0 Å². The first kappa shape index (κ1) is 17.5. The first-order valence-electron chi connectivity index (χ1n) is 8.89. The largest absolute Gasteiger partial charge is 0.397 e. The van der Waals surface area contributed by atoms with Crippen LogP contribution in [-0.2, 0) is 12.8 Å². The van der Waals surface area contributed by atoms with Gasteiger partial charge in [0.2, 0.25) is 0 Å². The molecule has 3 N–H and O–H groups in total. The van der Waals surface area contributed by atoms with Crippen LogP contribution in [0.3, 0.4) is 0 Å². The van der Waals surface area contributed by atoms with E-state index in [1.54, 1.807) is 0 Å². The minimum Gasteiger partial charge on any atom is -0.397 e. The van der Waals surface area contributed by atoms with Crippen molar-refractivity contribution in [2.75, 3.05) is 11.1 Å². The van der Waals surface area contributed by atoms with Crippen molar-refractivity contribution in [2.45, 2.75) is 38.5 Å². The summed E-state index contributed by atoms with van der Waals surface area (Å²) >= 11 is 4.78. The molecule has 0 unspecified atom stereocenters. The minimum absolute atomic E-state index is 0.180. The van der Waals surface area contributed by atoms with Crippen molar-refractivity contribution in [1.82, 2.24) is 4.98 Å². The number of thiophene rings is 1. The number of nitrogen functional groups attached to an aromatic ring is 1. The number of carbonyl (C=O) groups excluding carboxylic acids is 1. The second-order valence-corrected chi connectivity index (χ2v) is 8.58. The average molecular weight is 430 g/mol. The first-order chi connectivity index (χ1) is 12.6. The molecular formula is C20H20BrN3OS. The number of hydrogen-bond acceptors (Lipinski definition) is 4. The van der Waals surface area contributed by atoms with Gasteiger partial charge in [-0.2, -0.15) is 0 Å². The van der Waals surface area contributed by atoms with Crippen LogP contribution < -0.4 is 11.1 Å². The zero-order valence-electron chi connectivity index (χ0n) is 14.3. The number of nitrogens with two attached hydrogens (primary N) is 1. The van der Waals surface area contributed by atoms with Gasteiger partial charge in [-0.15, -0.1) is 11.3 Å². The van der Waals surface area contributed by atoms with Crippen LogP contribution in [0, 0.1) is 0 Å². The van der Waals surface area contributed by atoms with Crippen molar-refractivity contribution in [1.29, 1.82) is 0 Å². The molecule has 1 aliphatic carbocycles. The Morgan fingerprint density at radius 1 is 1.12 bits per heavy atom. The maximum absolute atomic E-state index is 12.7. The van der Waals surface area contributed by atoms with E-state index in [1.807, 2.05) is 24.3 Å². The summed E-state index contributed by atoms with van der Waals surface area (Å²) in [6.07, 6.45) is 6.99. The van der Waals surface area contributed by atoms with Crippen molar-refractivity contribution in [3.63, 3.8) is 0 Å². The summed E-state index contributed by atoms with van der Waals surface area (Å²) in [6.45, 7) is 0. The zero-order chi connectivity index (χ0) is 18.1. The highest BCUT2D eigenvalue weighted by molar-refractivity contribution is 9.10. The van der Waals surface area contributed by atoms with Gasteiger partial charge in [0.1, 0.15) is 9.71 Å². The Morgan fingerprint density at radius 3 is 2.62 bits per heavy atom. The highest BCUT2D eigenvalue weighted by Crippen LogP contribution is 2.35. The van der Waals surface area contributed by atoms with Crippen LogP contribution in [0.2, 0.25) is 0 Å². The Morgan fingerprint density at radius 2 is 1.85 bits per heavy atom. The van der Waals surface area contributed by atoms with Gasteiger partial charge >= 0.3 is 0 Å². The minimum atomic E-state index is -0.180. The Kier molecular flexibility index (Phi) is 4.96. The summed E-state index contributed by atoms with van der Waals surface area (Å²) in [5.41, 5.74) is 10.1. The quantitative estimate of drug-likeness (QED) is 0.560. The number of anilines is 2. The number of pyridine rings is 1. The summed E-state index contributed by atoms with van der Waals surface area (Å²) in [5.74, 6) is -0.180. The molecule has 0 fully saturated rings. The summed E-state index contributed by atoms with van der Waals surface area (Å²) < 4.78 is 0.971. The molecule has 1 amide bonds. The summed E-state index contributed by atoms with van der Waals surface area (Å²) in [7, 11) is 0. The molecule has 4 nitrogen and oxygen atoms in total. The summed E-state index contributed by atoms with van der Waals surface area (Å²) in [5, 5.41) is 3.83. The smallest absolute Gasteiger partial charge is 0.267 e. The van der Waals surface area contributed by atoms with E-state index < -0.39 is 0 Å². The molecule has 6 heteroatoms. The third kappa shape index (κ3) is 3.48. The number of benzene rings is 1. The molecule has 4 rings (SSSR count). The fourth-order valence-electron chi connectivity index (χ4n) is 3.40. The maximum atomic E-state index is 12.7. The number of nitrogens with zero attached hydrogens (tertiary/aromatic N) is 1. The number of carbonyl (C=O) groups is 1. The van der Waals surface area contributed by atoms with Crippen molar-refractivity contribution >= 4 is 54.8 Å². The van der Waals surface area contributed by atoms with E-state index in [1.165, 1.54) is 48.3 Å². The van der Waals surface area contributed by atoms with Crippen molar-refractivity contribution < 1.29 is 4.79 Å². The molecule has 2 aromatic heterocycles. The lowest BCUT2D eigenvalue weighted by Gasteiger charge is -2.12. The van der Waals surface area contributed by atoms with E-state index in [-0.39, 0.29) is 5.91 Å². The van der Waals surface area contributed by atoms with Crippen molar-refractivity contribution in [3.05, 3.63) is 50.9 Å². The first-order valence-corrected chi connectivity index (χ1v) is 10.5. The molecule has 0 spiro atoms. The van der Waals surface area contributed by atoms with Crippen LogP contribution in [0.25, 0.3) is 10.2 Å². The molecule has 1 aliphatic rings. The fourth-order valence-corrected chi connectivity index (χ4v) is 4.66. The van der Waals surface area contributed by atoms with Gasteiger partial charge in [-0.3, -0.25) is 4.79 Å². The molecule has 0 atom stereocenters. The highest BCUT2D eigenvalue weighted by Gasteiger charge is 2.20. The molecule has 0 bridgehead atoms. The van der Waals surface area contributed by atoms with Gasteiger partial charge < -0.3 is 11.1 Å². The molecule has 2 heterocycles. The molecular weight excluding hydrogens is 410 g/mol. The molecule has 0 aliphatic heterocycles. The van der Waals surface area contributed by atoms with Gasteiger partial charge in [0.05, 0.1) is 5.69 Å². The van der Waals surface area contributed by atoms with E-state index in [4.69, 9.17) is 10.7 Å². The van der Waals surface area contributed by atoms with Crippen LogP contribution in [0.1, 0.15) is 46.6 Å². The lowest BCUT2D eigenvalue weighted by molar-refractivity contribution is 0.103. The zero-order valence-corrected chi connectivity index (χ0v) is 16.8. The van der Waals surface area contributed by atoms with Gasteiger partial charge in [-0.1, -0.05) is 28.8 Å². The van der Waals surface area contributed by atoms with Crippen LogP contribution in [0.4, 0.5) is 11.4 Å². The second-order valence-electron chi connectivity index (χ2n) is 6.67. The van der Waals surface area contributed by atoms with Crippen molar-refractivity contribution in [3.8, 4) is 0 Å². The molecule has 26 heavy (non-hydrogen) atoms. The predicted molar refractivity (Wildman–Crippen MR) is 112 cm³/mol. The average Bonchev–Trinajstić information content (AvgIpc) is 2.93. The Balaban J connectivity index is 1.68. The lowest BCUT2D eigenvalue weighted by atomic mass is 9.96. The number of nitrogens with one attached hydrogen (secondary N) is 1. The van der Waals surface area contributed by atoms with Gasteiger partial charge in [0, 0.05) is 21.2 Å². The topological polar surface area (TPSA) is 68.0 Å². The normalized spacial score (nSPS) is 14.5. The van der Waals surface area contributed by atoms with Crippen molar-refractivity contribution in [2.24, 2.45) is 0 Å². The summed E-state index contributed by atoms with van der Waals surface area (Å²) in [4.78, 5) is 19.0. The van der Waals surface area contributed by atoms with E-state index in [2.05, 4.69) is 27.3 Å². The number of aryl methyl sites for hydroxylation is 2. The molecule has 134 valence electrons. The van der Waals surface area contributed by atoms with E-state index in [9.17, 15) is 4.79 Å². The van der Waals surface area contributed by atoms with Gasteiger partial charge in [0.15, 0.2) is 0 Å². The SMILES string of the molecule is Nc1c(C(=O)Nc2ccc(Br)cc2)sc2nc3c(cc12)CCCCCC3. The van der Waals surface area contributed by atoms with Gasteiger partial charge in [-0.05, 0) is 61.6 Å². The molecule has 1 aromatic carbocycles. The number of amides is 1. The van der Waals surface area contributed by atoms with Crippen LogP contribution >= 0.6 is 27.3 Å². The number of fused-ring (bicyclic) bond motifs is 2. The van der Waals surface area contributed by atoms with Crippen LogP contribution in [-0.4, -0.2) is 10.9 Å². The third-order valence-corrected chi connectivity index (χ3v) is 6.45. The Labute approximate surface area is 164 Å². The number of halogens is 1. The number of aromatic nitrogens is 1. The third-order valence-electron chi connectivity index (χ3n) is 4.81. The molecule has 0 saturated heterocycles. The standard InChI is InChI=1S/C20H20BrN3OS/c21-13-7-9-14(10-8-13)23-19(25)18-17(22)15-11-12-5-3-1-2-4-6-16(12)24-20(15)26-18/h7-11H,1-6,22H2,(H,23,25). The van der Waals surface area contributed by atoms with Crippen LogP contribution in [0.5, 0.6) is 0 Å². The Hall–Kier alpha value is -1.92.